The van der Waals surface area contributed by atoms with Crippen molar-refractivity contribution in [3.05, 3.63) is 27.7 Å². The maximum atomic E-state index is 11.7. The number of rotatable bonds is 8. The van der Waals surface area contributed by atoms with Crippen molar-refractivity contribution in [2.45, 2.75) is 26.4 Å². The molecule has 21 heavy (non-hydrogen) atoms. The number of aromatic nitrogens is 1. The zero-order valence-electron chi connectivity index (χ0n) is 12.6. The van der Waals surface area contributed by atoms with Gasteiger partial charge in [-0.2, -0.15) is 0 Å². The molecule has 7 heteroatoms. The molecule has 0 amide bonds. The Morgan fingerprint density at radius 1 is 1.48 bits per heavy atom. The second-order valence-electron chi connectivity index (χ2n) is 5.01. The molecule has 0 spiro atoms. The van der Waals surface area contributed by atoms with Gasteiger partial charge >= 0.3 is 5.97 Å². The summed E-state index contributed by atoms with van der Waals surface area (Å²) >= 11 is 0. The number of aliphatic carboxylic acids is 1. The SMILES string of the molecule is COCCCn1c(C)cc(=O)c(O)c1CN(C)CC(=O)O. The van der Waals surface area contributed by atoms with Crippen LogP contribution in [0.4, 0.5) is 0 Å². The van der Waals surface area contributed by atoms with E-state index in [2.05, 4.69) is 0 Å². The van der Waals surface area contributed by atoms with Gasteiger partial charge in [0.05, 0.1) is 12.2 Å². The first-order valence-electron chi connectivity index (χ1n) is 6.68. The summed E-state index contributed by atoms with van der Waals surface area (Å²) in [4.78, 5) is 24.0. The van der Waals surface area contributed by atoms with Crippen molar-refractivity contribution >= 4 is 5.97 Å². The Hall–Kier alpha value is -1.86. The Morgan fingerprint density at radius 3 is 2.71 bits per heavy atom. The minimum Gasteiger partial charge on any atom is -0.503 e. The zero-order valence-corrected chi connectivity index (χ0v) is 12.6. The van der Waals surface area contributed by atoms with Crippen LogP contribution in [-0.4, -0.2) is 53.0 Å². The van der Waals surface area contributed by atoms with E-state index in [9.17, 15) is 14.7 Å². The summed E-state index contributed by atoms with van der Waals surface area (Å²) in [7, 11) is 3.23. The molecule has 0 unspecified atom stereocenters. The smallest absolute Gasteiger partial charge is 0.317 e. The van der Waals surface area contributed by atoms with Crippen LogP contribution in [0.2, 0.25) is 0 Å². The van der Waals surface area contributed by atoms with E-state index in [1.54, 1.807) is 21.1 Å². The monoisotopic (exact) mass is 298 g/mol. The van der Waals surface area contributed by atoms with Gasteiger partial charge in [0.15, 0.2) is 5.75 Å². The minimum atomic E-state index is -0.960. The fraction of sp³-hybridized carbons (Fsp3) is 0.571. The Kier molecular flexibility index (Phi) is 6.39. The highest BCUT2D eigenvalue weighted by Crippen LogP contribution is 2.17. The molecule has 0 aliphatic heterocycles. The quantitative estimate of drug-likeness (QED) is 0.676. The standard InChI is InChI=1S/C14H22N2O5/c1-10-7-12(17)14(20)11(8-15(2)9-13(18)19)16(10)5-4-6-21-3/h7,20H,4-6,8-9H2,1-3H3,(H,18,19). The van der Waals surface area contributed by atoms with Crippen LogP contribution in [0.25, 0.3) is 0 Å². The number of carbonyl (C=O) groups is 1. The van der Waals surface area contributed by atoms with Gasteiger partial charge in [0.25, 0.3) is 0 Å². The lowest BCUT2D eigenvalue weighted by Crippen LogP contribution is -2.28. The second-order valence-corrected chi connectivity index (χ2v) is 5.01. The zero-order chi connectivity index (χ0) is 16.0. The largest absolute Gasteiger partial charge is 0.503 e. The van der Waals surface area contributed by atoms with Crippen molar-refractivity contribution in [3.8, 4) is 5.75 Å². The number of carboxylic acids is 1. The molecule has 118 valence electrons. The summed E-state index contributed by atoms with van der Waals surface area (Å²) in [5, 5.41) is 18.8. The number of aromatic hydroxyl groups is 1. The molecule has 7 nitrogen and oxygen atoms in total. The predicted octanol–water partition coefficient (Wildman–Crippen LogP) is 0.415. The van der Waals surface area contributed by atoms with E-state index in [1.807, 2.05) is 4.57 Å². The fourth-order valence-electron chi connectivity index (χ4n) is 2.20. The topological polar surface area (TPSA) is 92.0 Å². The van der Waals surface area contributed by atoms with Gasteiger partial charge in [0, 0.05) is 38.6 Å². The molecular weight excluding hydrogens is 276 g/mol. The normalized spacial score (nSPS) is 11.0. The molecule has 0 aliphatic carbocycles. The molecule has 0 saturated carbocycles. The fourth-order valence-corrected chi connectivity index (χ4v) is 2.20. The van der Waals surface area contributed by atoms with Crippen LogP contribution in [0.1, 0.15) is 17.8 Å². The van der Waals surface area contributed by atoms with Crippen LogP contribution in [-0.2, 0) is 22.6 Å². The van der Waals surface area contributed by atoms with E-state index in [1.165, 1.54) is 11.0 Å². The van der Waals surface area contributed by atoms with Gasteiger partial charge in [-0.1, -0.05) is 0 Å². The Labute approximate surface area is 123 Å². The summed E-state index contributed by atoms with van der Waals surface area (Å²) in [6, 6.07) is 1.38. The van der Waals surface area contributed by atoms with Gasteiger partial charge in [0.2, 0.25) is 5.43 Å². The van der Waals surface area contributed by atoms with Crippen LogP contribution in [0.3, 0.4) is 0 Å². The third kappa shape index (κ3) is 4.87. The Balaban J connectivity index is 3.07. The van der Waals surface area contributed by atoms with Gasteiger partial charge in [-0.25, -0.2) is 0 Å². The maximum absolute atomic E-state index is 11.7. The van der Waals surface area contributed by atoms with E-state index in [0.717, 1.165) is 12.1 Å². The highest BCUT2D eigenvalue weighted by atomic mass is 16.5. The second kappa shape index (κ2) is 7.80. The lowest BCUT2D eigenvalue weighted by molar-refractivity contribution is -0.138. The lowest BCUT2D eigenvalue weighted by Gasteiger charge is -2.21. The summed E-state index contributed by atoms with van der Waals surface area (Å²) in [5.74, 6) is -1.28. The van der Waals surface area contributed by atoms with E-state index < -0.39 is 11.4 Å². The van der Waals surface area contributed by atoms with Crippen molar-refractivity contribution in [2.75, 3.05) is 27.3 Å². The first-order valence-corrected chi connectivity index (χ1v) is 6.68. The number of ether oxygens (including phenoxy) is 1. The van der Waals surface area contributed by atoms with E-state index >= 15 is 0 Å². The Bertz CT molecular complexity index is 553. The Morgan fingerprint density at radius 2 is 2.14 bits per heavy atom. The van der Waals surface area contributed by atoms with Crippen LogP contribution >= 0.6 is 0 Å². The van der Waals surface area contributed by atoms with E-state index in [4.69, 9.17) is 9.84 Å². The first kappa shape index (κ1) is 17.2. The summed E-state index contributed by atoms with van der Waals surface area (Å²) in [5.41, 5.74) is 0.710. The number of carboxylic acid groups (broad SMARTS) is 1. The number of hydrogen-bond acceptors (Lipinski definition) is 5. The molecule has 2 N–H and O–H groups in total. The molecule has 0 aromatic carbocycles. The molecular formula is C14H22N2O5. The number of pyridine rings is 1. The number of hydrogen-bond donors (Lipinski definition) is 2. The van der Waals surface area contributed by atoms with Gasteiger partial charge in [-0.3, -0.25) is 14.5 Å². The number of nitrogens with zero attached hydrogens (tertiary/aromatic N) is 2. The van der Waals surface area contributed by atoms with Crippen molar-refractivity contribution in [1.29, 1.82) is 0 Å². The average molecular weight is 298 g/mol. The summed E-state index contributed by atoms with van der Waals surface area (Å²) < 4.78 is 6.83. The first-order chi connectivity index (χ1) is 9.86. The van der Waals surface area contributed by atoms with Gasteiger partial charge in [0.1, 0.15) is 0 Å². The van der Waals surface area contributed by atoms with Crippen LogP contribution < -0.4 is 5.43 Å². The third-order valence-electron chi connectivity index (χ3n) is 3.15. The lowest BCUT2D eigenvalue weighted by atomic mass is 10.2. The maximum Gasteiger partial charge on any atom is 0.317 e. The minimum absolute atomic E-state index is 0.167. The van der Waals surface area contributed by atoms with Gasteiger partial charge in [-0.05, 0) is 20.4 Å². The van der Waals surface area contributed by atoms with E-state index in [-0.39, 0.29) is 18.8 Å². The number of likely N-dealkylation sites (N-methyl/N-ethyl adjacent to an activating group) is 1. The van der Waals surface area contributed by atoms with Gasteiger partial charge in [-0.15, -0.1) is 0 Å². The molecule has 1 aromatic heterocycles. The predicted molar refractivity (Wildman–Crippen MR) is 77.6 cm³/mol. The molecule has 1 rings (SSSR count). The van der Waals surface area contributed by atoms with Crippen LogP contribution in [0.5, 0.6) is 5.75 Å². The van der Waals surface area contributed by atoms with Gasteiger partial charge < -0.3 is 19.5 Å². The van der Waals surface area contributed by atoms with Crippen molar-refractivity contribution in [2.24, 2.45) is 0 Å². The molecule has 0 bridgehead atoms. The molecule has 1 aromatic rings. The van der Waals surface area contributed by atoms with Crippen molar-refractivity contribution in [1.82, 2.24) is 9.47 Å². The molecule has 0 aliphatic rings. The molecule has 1 heterocycles. The molecule has 0 atom stereocenters. The van der Waals surface area contributed by atoms with E-state index in [0.29, 0.717) is 18.8 Å². The number of methoxy groups -OCH3 is 1. The highest BCUT2D eigenvalue weighted by molar-refractivity contribution is 5.69. The average Bonchev–Trinajstić information content (AvgIpc) is 2.38. The van der Waals surface area contributed by atoms with Crippen LogP contribution in [0, 0.1) is 6.92 Å². The molecule has 0 radical (unpaired) electrons. The highest BCUT2D eigenvalue weighted by Gasteiger charge is 2.16. The van der Waals surface area contributed by atoms with Crippen LogP contribution in [0.15, 0.2) is 10.9 Å². The number of aryl methyl sites for hydroxylation is 1. The van der Waals surface area contributed by atoms with Crippen molar-refractivity contribution in [3.63, 3.8) is 0 Å². The molecule has 0 fully saturated rings. The van der Waals surface area contributed by atoms with Crippen molar-refractivity contribution < 1.29 is 19.7 Å². The summed E-state index contributed by atoms with van der Waals surface area (Å²) in [6.45, 7) is 2.95. The summed E-state index contributed by atoms with van der Waals surface area (Å²) in [6.07, 6.45) is 0.731. The third-order valence-corrected chi connectivity index (χ3v) is 3.15. The molecule has 0 saturated heterocycles.